The number of nitrogens with one attached hydrogen (secondary N) is 1. The Labute approximate surface area is 120 Å². The van der Waals surface area contributed by atoms with Crippen LogP contribution < -0.4 is 5.32 Å². The van der Waals surface area contributed by atoms with Crippen molar-refractivity contribution < 1.29 is 0 Å². The first-order chi connectivity index (χ1) is 9.76. The largest absolute Gasteiger partial charge is 0.271 e. The Hall–Kier alpha value is -2.40. The second-order valence-corrected chi connectivity index (χ2v) is 4.50. The minimum absolute atomic E-state index is 0.537. The number of aromatic nitrogens is 4. The van der Waals surface area contributed by atoms with Gasteiger partial charge in [-0.1, -0.05) is 23.9 Å². The number of amidine groups is 1. The van der Waals surface area contributed by atoms with Crippen LogP contribution in [0.3, 0.4) is 0 Å². The van der Waals surface area contributed by atoms with E-state index in [1.807, 2.05) is 43.6 Å². The molecular weight excluding hydrogens is 274 g/mol. The quantitative estimate of drug-likeness (QED) is 0.400. The van der Waals surface area contributed by atoms with Crippen molar-refractivity contribution in [2.24, 2.45) is 4.99 Å². The number of aryl methyl sites for hydroxylation is 1. The van der Waals surface area contributed by atoms with Crippen molar-refractivity contribution in [2.75, 3.05) is 6.26 Å². The number of benzene rings is 1. The predicted molar refractivity (Wildman–Crippen MR) is 78.3 cm³/mol. The average Bonchev–Trinajstić information content (AvgIpc) is 2.96. The number of nitrogens with zero attached hydrogens (tertiary/aromatic N) is 6. The van der Waals surface area contributed by atoms with Gasteiger partial charge in [0.05, 0.1) is 12.2 Å². The monoisotopic (exact) mass is 287 g/mol. The van der Waals surface area contributed by atoms with Crippen molar-refractivity contribution in [1.29, 1.82) is 5.26 Å². The molecule has 0 saturated carbocycles. The summed E-state index contributed by atoms with van der Waals surface area (Å²) in [5, 5.41) is 23.9. The Morgan fingerprint density at radius 3 is 3.05 bits per heavy atom. The third-order valence-corrected chi connectivity index (χ3v) is 3.01. The van der Waals surface area contributed by atoms with Gasteiger partial charge in [-0.2, -0.15) is 10.1 Å². The molecule has 0 fully saturated rings. The van der Waals surface area contributed by atoms with Gasteiger partial charge in [-0.05, 0) is 30.5 Å². The van der Waals surface area contributed by atoms with E-state index in [9.17, 15) is 0 Å². The van der Waals surface area contributed by atoms with Crippen LogP contribution in [0.1, 0.15) is 6.92 Å². The number of hydrogen-bond donors (Lipinski definition) is 1. The van der Waals surface area contributed by atoms with Crippen molar-refractivity contribution in [2.45, 2.75) is 13.5 Å². The highest BCUT2D eigenvalue weighted by atomic mass is 32.2. The minimum Gasteiger partial charge on any atom is -0.271 e. The zero-order chi connectivity index (χ0) is 14.4. The molecule has 1 N–H and O–H groups in total. The van der Waals surface area contributed by atoms with Crippen molar-refractivity contribution in [3.63, 3.8) is 0 Å². The minimum atomic E-state index is 0.537. The zero-order valence-corrected chi connectivity index (χ0v) is 11.9. The molecule has 102 valence electrons. The molecule has 0 unspecified atom stereocenters. The predicted octanol–water partition coefficient (Wildman–Crippen LogP) is 1.78. The Balaban J connectivity index is 2.30. The lowest BCUT2D eigenvalue weighted by atomic mass is 10.2. The van der Waals surface area contributed by atoms with Gasteiger partial charge in [0.25, 0.3) is 0 Å². The molecule has 7 nitrogen and oxygen atoms in total. The number of aliphatic imine (C=N–C) groups is 1. The van der Waals surface area contributed by atoms with Gasteiger partial charge in [-0.25, -0.2) is 4.99 Å². The highest BCUT2D eigenvalue weighted by Gasteiger charge is 2.06. The van der Waals surface area contributed by atoms with Crippen LogP contribution in [0, 0.1) is 11.5 Å². The summed E-state index contributed by atoms with van der Waals surface area (Å²) in [4.78, 5) is 5.87. The van der Waals surface area contributed by atoms with Crippen molar-refractivity contribution in [3.8, 4) is 17.6 Å². The Morgan fingerprint density at radius 1 is 1.55 bits per heavy atom. The van der Waals surface area contributed by atoms with Gasteiger partial charge in [0.2, 0.25) is 5.82 Å². The van der Waals surface area contributed by atoms with Crippen molar-refractivity contribution >= 4 is 22.6 Å². The van der Waals surface area contributed by atoms with E-state index in [2.05, 4.69) is 25.7 Å². The van der Waals surface area contributed by atoms with E-state index >= 15 is 0 Å². The highest BCUT2D eigenvalue weighted by molar-refractivity contribution is 8.13. The molecule has 0 aliphatic heterocycles. The number of tetrazole rings is 1. The van der Waals surface area contributed by atoms with Crippen LogP contribution >= 0.6 is 11.8 Å². The summed E-state index contributed by atoms with van der Waals surface area (Å²) in [5.74, 6) is 0.558. The summed E-state index contributed by atoms with van der Waals surface area (Å²) in [5.41, 5.74) is 1.56. The van der Waals surface area contributed by atoms with E-state index in [-0.39, 0.29) is 0 Å². The summed E-state index contributed by atoms with van der Waals surface area (Å²) >= 11 is 1.37. The average molecular weight is 287 g/mol. The fourth-order valence-electron chi connectivity index (χ4n) is 1.50. The van der Waals surface area contributed by atoms with Gasteiger partial charge >= 0.3 is 0 Å². The summed E-state index contributed by atoms with van der Waals surface area (Å²) in [6.45, 7) is 2.62. The number of hydrogen-bond acceptors (Lipinski definition) is 6. The Kier molecular flexibility index (Phi) is 4.68. The third kappa shape index (κ3) is 3.33. The molecule has 20 heavy (non-hydrogen) atoms. The standard InChI is InChI=1S/C12H13N7S/c1-3-19-17-11(16-18-19)9-5-4-6-10(7-9)15-12(20-2)14-8-13/h4-7H,3H2,1-2H3,(H,14,15). The van der Waals surface area contributed by atoms with Crippen LogP contribution in [0.5, 0.6) is 0 Å². The molecule has 0 spiro atoms. The molecule has 0 amide bonds. The molecule has 0 radical (unpaired) electrons. The first-order valence-corrected chi connectivity index (χ1v) is 7.15. The van der Waals surface area contributed by atoms with Crippen LogP contribution in [0.15, 0.2) is 29.3 Å². The smallest absolute Gasteiger partial charge is 0.204 e. The van der Waals surface area contributed by atoms with Gasteiger partial charge in [-0.15, -0.1) is 10.2 Å². The molecule has 1 heterocycles. The molecule has 0 bridgehead atoms. The van der Waals surface area contributed by atoms with Crippen LogP contribution in [0.25, 0.3) is 11.4 Å². The van der Waals surface area contributed by atoms with Gasteiger partial charge in [0, 0.05) is 5.56 Å². The van der Waals surface area contributed by atoms with E-state index in [1.165, 1.54) is 16.6 Å². The van der Waals surface area contributed by atoms with E-state index in [0.717, 1.165) is 11.3 Å². The molecule has 2 aromatic rings. The van der Waals surface area contributed by atoms with Crippen LogP contribution in [0.2, 0.25) is 0 Å². The second-order valence-electron chi connectivity index (χ2n) is 3.71. The molecular formula is C12H13N7S. The summed E-state index contributed by atoms with van der Waals surface area (Å²) in [7, 11) is 0. The van der Waals surface area contributed by atoms with Crippen LogP contribution in [-0.2, 0) is 6.54 Å². The molecule has 0 atom stereocenters. The van der Waals surface area contributed by atoms with Crippen molar-refractivity contribution in [3.05, 3.63) is 24.3 Å². The summed E-state index contributed by atoms with van der Waals surface area (Å²) in [6, 6.07) is 7.47. The maximum Gasteiger partial charge on any atom is 0.204 e. The molecule has 2 rings (SSSR count). The summed E-state index contributed by atoms with van der Waals surface area (Å²) < 4.78 is 0. The number of nitriles is 1. The highest BCUT2D eigenvalue weighted by Crippen LogP contribution is 2.21. The summed E-state index contributed by atoms with van der Waals surface area (Å²) in [6.07, 6.45) is 3.71. The van der Waals surface area contributed by atoms with E-state index in [1.54, 1.807) is 0 Å². The number of thioether (sulfide) groups is 1. The first kappa shape index (κ1) is 14.0. The van der Waals surface area contributed by atoms with E-state index in [4.69, 9.17) is 5.26 Å². The zero-order valence-electron chi connectivity index (χ0n) is 11.1. The van der Waals surface area contributed by atoms with E-state index in [0.29, 0.717) is 17.5 Å². The fraction of sp³-hybridized carbons (Fsp3) is 0.250. The molecule has 0 saturated heterocycles. The van der Waals surface area contributed by atoms with Crippen molar-refractivity contribution in [1.82, 2.24) is 25.5 Å². The number of rotatable bonds is 3. The first-order valence-electron chi connectivity index (χ1n) is 5.93. The van der Waals surface area contributed by atoms with E-state index < -0.39 is 0 Å². The lowest BCUT2D eigenvalue weighted by Crippen LogP contribution is -2.12. The van der Waals surface area contributed by atoms with Gasteiger partial charge in [0.15, 0.2) is 11.4 Å². The molecule has 1 aromatic heterocycles. The van der Waals surface area contributed by atoms with Gasteiger partial charge in [-0.3, -0.25) is 5.32 Å². The van der Waals surface area contributed by atoms with Crippen LogP contribution in [0.4, 0.5) is 5.69 Å². The molecule has 8 heteroatoms. The van der Waals surface area contributed by atoms with Crippen LogP contribution in [-0.4, -0.2) is 31.6 Å². The topological polar surface area (TPSA) is 91.8 Å². The van der Waals surface area contributed by atoms with Gasteiger partial charge in [0.1, 0.15) is 0 Å². The van der Waals surface area contributed by atoms with Gasteiger partial charge < -0.3 is 0 Å². The lowest BCUT2D eigenvalue weighted by Gasteiger charge is -2.01. The molecule has 0 aliphatic rings. The SMILES string of the molecule is CCn1nnc(-c2cccc(N=C(NC#N)SC)c2)n1. The second kappa shape index (κ2) is 6.68. The Bertz CT molecular complexity index is 656. The molecule has 0 aliphatic carbocycles. The maximum atomic E-state index is 8.62. The third-order valence-electron chi connectivity index (χ3n) is 2.43. The maximum absolute atomic E-state index is 8.62. The Morgan fingerprint density at radius 2 is 2.40 bits per heavy atom. The fourth-order valence-corrected chi connectivity index (χ4v) is 1.84. The molecule has 1 aromatic carbocycles. The normalized spacial score (nSPS) is 11.2. The lowest BCUT2D eigenvalue weighted by molar-refractivity contribution is 0.553.